The molecule has 0 spiro atoms. The Balaban J connectivity index is 2.04. The van der Waals surface area contributed by atoms with Crippen LogP contribution in [0.2, 0.25) is 0 Å². The smallest absolute Gasteiger partial charge is 0.309 e. The van der Waals surface area contributed by atoms with Crippen LogP contribution in [0.15, 0.2) is 42.5 Å². The van der Waals surface area contributed by atoms with Gasteiger partial charge < -0.3 is 5.11 Å². The number of fused-ring (bicyclic) bond motifs is 1. The molecule has 0 radical (unpaired) electrons. The highest BCUT2D eigenvalue weighted by Gasteiger charge is 2.50. The van der Waals surface area contributed by atoms with Crippen molar-refractivity contribution < 1.29 is 9.90 Å². The van der Waals surface area contributed by atoms with Gasteiger partial charge in [0.2, 0.25) is 0 Å². The van der Waals surface area contributed by atoms with E-state index in [0.29, 0.717) is 6.42 Å². The number of carboxylic acid groups (broad SMARTS) is 1. The SMILES string of the molecule is O=C(O)C1(Cc2cccc3ccccc23)CC1. The average molecular weight is 226 g/mol. The first-order chi connectivity index (χ1) is 8.21. The molecule has 2 aromatic carbocycles. The Morgan fingerprint density at radius 3 is 2.53 bits per heavy atom. The van der Waals surface area contributed by atoms with Crippen molar-refractivity contribution in [1.82, 2.24) is 0 Å². The van der Waals surface area contributed by atoms with Crippen LogP contribution in [0.5, 0.6) is 0 Å². The van der Waals surface area contributed by atoms with Gasteiger partial charge in [0.15, 0.2) is 0 Å². The number of carboxylic acids is 1. The molecule has 2 aromatic rings. The van der Waals surface area contributed by atoms with Crippen LogP contribution in [0, 0.1) is 5.41 Å². The van der Waals surface area contributed by atoms with Gasteiger partial charge in [-0.05, 0) is 35.6 Å². The molecule has 1 aliphatic rings. The fourth-order valence-electron chi connectivity index (χ4n) is 2.43. The van der Waals surface area contributed by atoms with Crippen LogP contribution in [-0.2, 0) is 11.2 Å². The second-order valence-corrected chi connectivity index (χ2v) is 4.90. The summed E-state index contributed by atoms with van der Waals surface area (Å²) in [5.41, 5.74) is 0.674. The van der Waals surface area contributed by atoms with Crippen LogP contribution in [0.4, 0.5) is 0 Å². The molecule has 2 nitrogen and oxygen atoms in total. The number of rotatable bonds is 3. The van der Waals surface area contributed by atoms with E-state index >= 15 is 0 Å². The second kappa shape index (κ2) is 3.59. The van der Waals surface area contributed by atoms with E-state index in [1.54, 1.807) is 0 Å². The maximum absolute atomic E-state index is 11.2. The summed E-state index contributed by atoms with van der Waals surface area (Å²) in [6, 6.07) is 14.3. The molecule has 1 fully saturated rings. The first kappa shape index (κ1) is 10.3. The lowest BCUT2D eigenvalue weighted by atomic mass is 9.93. The topological polar surface area (TPSA) is 37.3 Å². The van der Waals surface area contributed by atoms with Crippen molar-refractivity contribution in [2.45, 2.75) is 19.3 Å². The summed E-state index contributed by atoms with van der Waals surface area (Å²) in [7, 11) is 0. The van der Waals surface area contributed by atoms with E-state index in [4.69, 9.17) is 0 Å². The van der Waals surface area contributed by atoms with Gasteiger partial charge in [-0.15, -0.1) is 0 Å². The predicted octanol–water partition coefficient (Wildman–Crippen LogP) is 3.25. The van der Waals surface area contributed by atoms with E-state index in [9.17, 15) is 9.90 Å². The quantitative estimate of drug-likeness (QED) is 0.872. The van der Waals surface area contributed by atoms with E-state index in [0.717, 1.165) is 18.4 Å². The summed E-state index contributed by atoms with van der Waals surface area (Å²) in [6.07, 6.45) is 2.28. The zero-order valence-corrected chi connectivity index (χ0v) is 9.52. The molecule has 2 heteroatoms. The normalized spacial score (nSPS) is 16.9. The molecule has 0 saturated heterocycles. The number of benzene rings is 2. The van der Waals surface area contributed by atoms with Crippen LogP contribution in [0.3, 0.4) is 0 Å². The summed E-state index contributed by atoms with van der Waals surface area (Å²) in [6.45, 7) is 0. The average Bonchev–Trinajstić information content (AvgIpc) is 3.11. The standard InChI is InChI=1S/C15H14O2/c16-14(17)15(8-9-15)10-12-6-3-5-11-4-1-2-7-13(11)12/h1-7H,8-10H2,(H,16,17). The molecule has 1 saturated carbocycles. The van der Waals surface area contributed by atoms with E-state index in [-0.39, 0.29) is 0 Å². The molecule has 0 unspecified atom stereocenters. The van der Waals surface area contributed by atoms with E-state index in [1.807, 2.05) is 24.3 Å². The Kier molecular flexibility index (Phi) is 2.18. The van der Waals surface area contributed by atoms with Crippen LogP contribution in [-0.4, -0.2) is 11.1 Å². The monoisotopic (exact) mass is 226 g/mol. The minimum absolute atomic E-state index is 0.482. The molecular formula is C15H14O2. The summed E-state index contributed by atoms with van der Waals surface area (Å²) < 4.78 is 0. The zero-order chi connectivity index (χ0) is 11.9. The minimum atomic E-state index is -0.648. The maximum Gasteiger partial charge on any atom is 0.309 e. The van der Waals surface area contributed by atoms with Crippen molar-refractivity contribution >= 4 is 16.7 Å². The van der Waals surface area contributed by atoms with E-state index in [2.05, 4.69) is 18.2 Å². The summed E-state index contributed by atoms with van der Waals surface area (Å²) in [4.78, 5) is 11.2. The third-order valence-electron chi connectivity index (χ3n) is 3.72. The van der Waals surface area contributed by atoms with Gasteiger partial charge in [-0.3, -0.25) is 4.79 Å². The molecule has 0 aliphatic heterocycles. The predicted molar refractivity (Wildman–Crippen MR) is 67.0 cm³/mol. The van der Waals surface area contributed by atoms with Crippen LogP contribution in [0.1, 0.15) is 18.4 Å². The van der Waals surface area contributed by atoms with Crippen LogP contribution in [0.25, 0.3) is 10.8 Å². The Bertz CT molecular complexity index is 577. The van der Waals surface area contributed by atoms with Gasteiger partial charge in [-0.1, -0.05) is 42.5 Å². The van der Waals surface area contributed by atoms with Crippen molar-refractivity contribution in [1.29, 1.82) is 0 Å². The molecule has 17 heavy (non-hydrogen) atoms. The Hall–Kier alpha value is -1.83. The van der Waals surface area contributed by atoms with Gasteiger partial charge in [-0.2, -0.15) is 0 Å². The molecule has 86 valence electrons. The van der Waals surface area contributed by atoms with Gasteiger partial charge in [0.1, 0.15) is 0 Å². The van der Waals surface area contributed by atoms with E-state index in [1.165, 1.54) is 10.8 Å². The van der Waals surface area contributed by atoms with Crippen molar-refractivity contribution in [2.75, 3.05) is 0 Å². The maximum atomic E-state index is 11.2. The lowest BCUT2D eigenvalue weighted by molar-refractivity contribution is -0.143. The largest absolute Gasteiger partial charge is 0.481 e. The van der Waals surface area contributed by atoms with Gasteiger partial charge in [0.25, 0.3) is 0 Å². The lowest BCUT2D eigenvalue weighted by Gasteiger charge is -2.11. The number of aliphatic carboxylic acids is 1. The second-order valence-electron chi connectivity index (χ2n) is 4.90. The van der Waals surface area contributed by atoms with Crippen molar-refractivity contribution in [2.24, 2.45) is 5.41 Å². The van der Waals surface area contributed by atoms with Gasteiger partial charge in [0.05, 0.1) is 5.41 Å². The Morgan fingerprint density at radius 1 is 1.12 bits per heavy atom. The van der Waals surface area contributed by atoms with Crippen molar-refractivity contribution in [3.05, 3.63) is 48.0 Å². The summed E-state index contributed by atoms with van der Waals surface area (Å²) in [5.74, 6) is -0.648. The molecule has 1 aliphatic carbocycles. The number of hydrogen-bond donors (Lipinski definition) is 1. The molecule has 1 N–H and O–H groups in total. The first-order valence-corrected chi connectivity index (χ1v) is 5.91. The lowest BCUT2D eigenvalue weighted by Crippen LogP contribution is -2.17. The summed E-state index contributed by atoms with van der Waals surface area (Å²) in [5, 5.41) is 11.6. The van der Waals surface area contributed by atoms with Gasteiger partial charge >= 0.3 is 5.97 Å². The van der Waals surface area contributed by atoms with Crippen molar-refractivity contribution in [3.63, 3.8) is 0 Å². The van der Waals surface area contributed by atoms with Crippen LogP contribution < -0.4 is 0 Å². The number of hydrogen-bond acceptors (Lipinski definition) is 1. The fraction of sp³-hybridized carbons (Fsp3) is 0.267. The minimum Gasteiger partial charge on any atom is -0.481 e. The van der Waals surface area contributed by atoms with Crippen LogP contribution >= 0.6 is 0 Å². The third-order valence-corrected chi connectivity index (χ3v) is 3.72. The first-order valence-electron chi connectivity index (χ1n) is 5.91. The highest BCUT2D eigenvalue weighted by atomic mass is 16.4. The molecule has 3 rings (SSSR count). The molecule has 0 aromatic heterocycles. The fourth-order valence-corrected chi connectivity index (χ4v) is 2.43. The van der Waals surface area contributed by atoms with Gasteiger partial charge in [-0.25, -0.2) is 0 Å². The molecular weight excluding hydrogens is 212 g/mol. The van der Waals surface area contributed by atoms with E-state index < -0.39 is 11.4 Å². The Morgan fingerprint density at radius 2 is 1.82 bits per heavy atom. The Labute approximate surface area is 99.9 Å². The molecule has 0 amide bonds. The van der Waals surface area contributed by atoms with Gasteiger partial charge in [0, 0.05) is 0 Å². The molecule has 0 bridgehead atoms. The third kappa shape index (κ3) is 1.70. The number of carbonyl (C=O) groups is 1. The molecule has 0 atom stereocenters. The van der Waals surface area contributed by atoms with Crippen molar-refractivity contribution in [3.8, 4) is 0 Å². The highest BCUT2D eigenvalue weighted by Crippen LogP contribution is 2.49. The highest BCUT2D eigenvalue weighted by molar-refractivity contribution is 5.87. The summed E-state index contributed by atoms with van der Waals surface area (Å²) >= 11 is 0. The molecule has 0 heterocycles. The zero-order valence-electron chi connectivity index (χ0n) is 9.52.